The molecule has 0 unspecified atom stereocenters. The van der Waals surface area contributed by atoms with Gasteiger partial charge in [-0.1, -0.05) is 39.2 Å². The number of hydrogen-bond donors (Lipinski definition) is 1. The highest BCUT2D eigenvalue weighted by atomic mass is 32.1. The molecule has 6 nitrogen and oxygen atoms in total. The molecular formula is C19H28N2O4S. The van der Waals surface area contributed by atoms with Crippen LogP contribution in [0.2, 0.25) is 0 Å². The summed E-state index contributed by atoms with van der Waals surface area (Å²) in [4.78, 5) is 39.2. The van der Waals surface area contributed by atoms with Crippen LogP contribution in [0.25, 0.3) is 0 Å². The summed E-state index contributed by atoms with van der Waals surface area (Å²) < 4.78 is 5.23. The van der Waals surface area contributed by atoms with E-state index in [1.54, 1.807) is 22.4 Å². The number of ether oxygens (including phenoxy) is 1. The summed E-state index contributed by atoms with van der Waals surface area (Å²) in [6.45, 7) is 4.84. The smallest absolute Gasteiger partial charge is 0.329 e. The highest BCUT2D eigenvalue weighted by Crippen LogP contribution is 2.12. The standard InChI is InChI=1S/C19H28N2O4S/c1-14(2)17(20-18(23)15-9-8-12-26-15)19(24)25-13-16(22)21-10-6-4-3-5-7-11-21/h8-9,12,14,17H,3-7,10-11,13H2,1-2H3,(H,20,23)/t17-/m0/s1. The van der Waals surface area contributed by atoms with Crippen LogP contribution in [0.5, 0.6) is 0 Å². The quantitative estimate of drug-likeness (QED) is 0.770. The number of nitrogens with one attached hydrogen (secondary N) is 1. The average Bonchev–Trinajstić information content (AvgIpc) is 3.11. The number of likely N-dealkylation sites (tertiary alicyclic amines) is 1. The maximum absolute atomic E-state index is 12.4. The maximum Gasteiger partial charge on any atom is 0.329 e. The summed E-state index contributed by atoms with van der Waals surface area (Å²) >= 11 is 1.31. The Morgan fingerprint density at radius 2 is 1.81 bits per heavy atom. The van der Waals surface area contributed by atoms with Crippen molar-refractivity contribution in [3.63, 3.8) is 0 Å². The number of carbonyl (C=O) groups excluding carboxylic acids is 3. The van der Waals surface area contributed by atoms with E-state index >= 15 is 0 Å². The van der Waals surface area contributed by atoms with Crippen molar-refractivity contribution >= 4 is 29.1 Å². The van der Waals surface area contributed by atoms with E-state index in [2.05, 4.69) is 5.32 Å². The van der Waals surface area contributed by atoms with Crippen LogP contribution in [0.3, 0.4) is 0 Å². The lowest BCUT2D eigenvalue weighted by atomic mass is 10.0. The number of nitrogens with zero attached hydrogens (tertiary/aromatic N) is 1. The molecule has 2 heterocycles. The zero-order valence-electron chi connectivity index (χ0n) is 15.5. The SMILES string of the molecule is CC(C)[C@H](NC(=O)c1cccs1)C(=O)OCC(=O)N1CCCCCCC1. The van der Waals surface area contributed by atoms with Crippen LogP contribution in [0, 0.1) is 5.92 Å². The summed E-state index contributed by atoms with van der Waals surface area (Å²) in [7, 11) is 0. The van der Waals surface area contributed by atoms with Gasteiger partial charge in [-0.05, 0) is 30.2 Å². The molecule has 1 aromatic heterocycles. The van der Waals surface area contributed by atoms with Gasteiger partial charge in [0.05, 0.1) is 4.88 Å². The van der Waals surface area contributed by atoms with Gasteiger partial charge in [-0.25, -0.2) is 4.79 Å². The van der Waals surface area contributed by atoms with E-state index in [4.69, 9.17) is 4.74 Å². The monoisotopic (exact) mass is 380 g/mol. The molecule has 1 N–H and O–H groups in total. The second-order valence-corrected chi connectivity index (χ2v) is 7.88. The average molecular weight is 381 g/mol. The molecule has 2 rings (SSSR count). The Labute approximate surface area is 158 Å². The summed E-state index contributed by atoms with van der Waals surface area (Å²) in [5.74, 6) is -1.16. The van der Waals surface area contributed by atoms with Crippen molar-refractivity contribution in [2.45, 2.75) is 52.0 Å². The minimum Gasteiger partial charge on any atom is -0.454 e. The largest absolute Gasteiger partial charge is 0.454 e. The van der Waals surface area contributed by atoms with Gasteiger partial charge in [0.1, 0.15) is 6.04 Å². The first-order valence-corrected chi connectivity index (χ1v) is 10.2. The predicted molar refractivity (Wildman–Crippen MR) is 101 cm³/mol. The topological polar surface area (TPSA) is 75.7 Å². The Morgan fingerprint density at radius 1 is 1.15 bits per heavy atom. The van der Waals surface area contributed by atoms with E-state index in [0.29, 0.717) is 4.88 Å². The molecule has 1 fully saturated rings. The Bertz CT molecular complexity index is 593. The molecule has 1 saturated heterocycles. The Kier molecular flexibility index (Phi) is 8.09. The van der Waals surface area contributed by atoms with Gasteiger partial charge in [0.15, 0.2) is 6.61 Å². The first kappa shape index (κ1) is 20.4. The number of esters is 1. The lowest BCUT2D eigenvalue weighted by molar-refractivity contribution is -0.154. The molecule has 0 saturated carbocycles. The molecule has 1 atom stereocenters. The Morgan fingerprint density at radius 3 is 2.38 bits per heavy atom. The fraction of sp³-hybridized carbons (Fsp3) is 0.632. The molecule has 0 bridgehead atoms. The minimum atomic E-state index is -0.773. The molecule has 1 aliphatic rings. The van der Waals surface area contributed by atoms with Gasteiger partial charge < -0.3 is 15.0 Å². The molecule has 26 heavy (non-hydrogen) atoms. The first-order chi connectivity index (χ1) is 12.5. The normalized spacial score (nSPS) is 16.5. The fourth-order valence-corrected chi connectivity index (χ4v) is 3.56. The van der Waals surface area contributed by atoms with Gasteiger partial charge in [-0.2, -0.15) is 0 Å². The molecule has 0 aliphatic carbocycles. The highest BCUT2D eigenvalue weighted by molar-refractivity contribution is 7.12. The van der Waals surface area contributed by atoms with E-state index in [0.717, 1.165) is 38.8 Å². The number of thiophene rings is 1. The number of hydrogen-bond acceptors (Lipinski definition) is 5. The Balaban J connectivity index is 1.86. The van der Waals surface area contributed by atoms with Crippen molar-refractivity contribution < 1.29 is 19.1 Å². The molecule has 144 valence electrons. The molecule has 2 amide bonds. The van der Waals surface area contributed by atoms with Gasteiger partial charge in [0.2, 0.25) is 0 Å². The highest BCUT2D eigenvalue weighted by Gasteiger charge is 2.27. The Hall–Kier alpha value is -1.89. The second kappa shape index (κ2) is 10.3. The molecule has 7 heteroatoms. The van der Waals surface area contributed by atoms with Crippen molar-refractivity contribution in [3.05, 3.63) is 22.4 Å². The van der Waals surface area contributed by atoms with Gasteiger partial charge in [-0.3, -0.25) is 9.59 Å². The van der Waals surface area contributed by atoms with Crippen LogP contribution < -0.4 is 5.32 Å². The van der Waals surface area contributed by atoms with E-state index in [9.17, 15) is 14.4 Å². The van der Waals surface area contributed by atoms with Crippen LogP contribution >= 0.6 is 11.3 Å². The molecule has 1 aliphatic heterocycles. The van der Waals surface area contributed by atoms with Gasteiger partial charge in [0, 0.05) is 13.1 Å². The number of carbonyl (C=O) groups is 3. The van der Waals surface area contributed by atoms with Gasteiger partial charge >= 0.3 is 5.97 Å². The van der Waals surface area contributed by atoms with Gasteiger partial charge in [-0.15, -0.1) is 11.3 Å². The van der Waals surface area contributed by atoms with Gasteiger partial charge in [0.25, 0.3) is 11.8 Å². The zero-order chi connectivity index (χ0) is 18.9. The second-order valence-electron chi connectivity index (χ2n) is 6.93. The third-order valence-corrected chi connectivity index (χ3v) is 5.37. The maximum atomic E-state index is 12.4. The third kappa shape index (κ3) is 6.12. The summed E-state index contributed by atoms with van der Waals surface area (Å²) in [6, 6.07) is 2.71. The summed E-state index contributed by atoms with van der Waals surface area (Å²) in [5, 5.41) is 4.52. The fourth-order valence-electron chi connectivity index (χ4n) is 2.93. The van der Waals surface area contributed by atoms with Crippen molar-refractivity contribution in [2.75, 3.05) is 19.7 Å². The minimum absolute atomic E-state index is 0.136. The first-order valence-electron chi connectivity index (χ1n) is 9.28. The van der Waals surface area contributed by atoms with Crippen LogP contribution in [0.4, 0.5) is 0 Å². The molecule has 0 spiro atoms. The summed E-state index contributed by atoms with van der Waals surface area (Å²) in [6.07, 6.45) is 5.47. The van der Waals surface area contributed by atoms with Crippen molar-refractivity contribution in [1.82, 2.24) is 10.2 Å². The van der Waals surface area contributed by atoms with Crippen LogP contribution in [-0.4, -0.2) is 48.4 Å². The third-order valence-electron chi connectivity index (χ3n) is 4.50. The van der Waals surface area contributed by atoms with Crippen LogP contribution in [0.1, 0.15) is 55.6 Å². The van der Waals surface area contributed by atoms with Crippen LogP contribution in [-0.2, 0) is 14.3 Å². The van der Waals surface area contributed by atoms with E-state index in [-0.39, 0.29) is 24.3 Å². The zero-order valence-corrected chi connectivity index (χ0v) is 16.3. The van der Waals surface area contributed by atoms with E-state index < -0.39 is 12.0 Å². The molecular weight excluding hydrogens is 352 g/mol. The molecule has 0 radical (unpaired) electrons. The predicted octanol–water partition coefficient (Wildman–Crippen LogP) is 2.84. The lowest BCUT2D eigenvalue weighted by Crippen LogP contribution is -2.46. The molecule has 1 aromatic rings. The van der Waals surface area contributed by atoms with E-state index in [1.807, 2.05) is 13.8 Å². The van der Waals surface area contributed by atoms with Crippen molar-refractivity contribution in [2.24, 2.45) is 5.92 Å². The van der Waals surface area contributed by atoms with E-state index in [1.165, 1.54) is 17.8 Å². The van der Waals surface area contributed by atoms with Crippen molar-refractivity contribution in [1.29, 1.82) is 0 Å². The van der Waals surface area contributed by atoms with Crippen LogP contribution in [0.15, 0.2) is 17.5 Å². The molecule has 0 aromatic carbocycles. The number of rotatable bonds is 6. The number of amides is 2. The summed E-state index contributed by atoms with van der Waals surface area (Å²) in [5.41, 5.74) is 0. The lowest BCUT2D eigenvalue weighted by Gasteiger charge is -2.25. The van der Waals surface area contributed by atoms with Crippen molar-refractivity contribution in [3.8, 4) is 0 Å².